The van der Waals surface area contributed by atoms with E-state index in [2.05, 4.69) is 22.4 Å². The van der Waals surface area contributed by atoms with Gasteiger partial charge in [0.25, 0.3) is 5.91 Å². The Kier molecular flexibility index (Phi) is 7.46. The number of nitrogens with one attached hydrogen (secondary N) is 1. The van der Waals surface area contributed by atoms with Crippen LogP contribution in [0.4, 0.5) is 11.4 Å². The van der Waals surface area contributed by atoms with E-state index in [9.17, 15) is 19.8 Å². The molecule has 2 aromatic carbocycles. The Morgan fingerprint density at radius 1 is 1.03 bits per heavy atom. The fourth-order valence-corrected chi connectivity index (χ4v) is 4.49. The summed E-state index contributed by atoms with van der Waals surface area (Å²) in [6.07, 6.45) is 11.7. The van der Waals surface area contributed by atoms with Gasteiger partial charge < -0.3 is 34.6 Å². The van der Waals surface area contributed by atoms with Crippen LogP contribution in [-0.2, 0) is 14.2 Å². The Morgan fingerprint density at radius 3 is 2.63 bits per heavy atom. The Hall–Kier alpha value is -4.50. The number of carbonyl (C=O) groups excluding carboxylic acids is 1. The Bertz CT molecular complexity index is 1370. The van der Waals surface area contributed by atoms with E-state index in [0.29, 0.717) is 49.8 Å². The summed E-state index contributed by atoms with van der Waals surface area (Å²) in [5.74, 6) is -1.03. The molecule has 0 spiro atoms. The number of ether oxygens (including phenoxy) is 3. The van der Waals surface area contributed by atoms with Crippen molar-refractivity contribution in [2.75, 3.05) is 36.5 Å². The highest BCUT2D eigenvalue weighted by Gasteiger charge is 2.21. The number of benzene rings is 2. The first-order valence-electron chi connectivity index (χ1n) is 12.4. The van der Waals surface area contributed by atoms with Crippen LogP contribution < -0.4 is 10.2 Å². The number of nitrogens with zero attached hydrogens (tertiary/aromatic N) is 1. The van der Waals surface area contributed by atoms with Crippen molar-refractivity contribution < 1.29 is 34.0 Å². The third kappa shape index (κ3) is 5.73. The van der Waals surface area contributed by atoms with Gasteiger partial charge >= 0.3 is 5.97 Å². The highest BCUT2D eigenvalue weighted by molar-refractivity contribution is 6.09. The van der Waals surface area contributed by atoms with Crippen molar-refractivity contribution in [3.05, 3.63) is 95.2 Å². The lowest BCUT2D eigenvalue weighted by molar-refractivity contribution is 0.0698. The van der Waals surface area contributed by atoms with Gasteiger partial charge in [-0.05, 0) is 43.2 Å². The number of aromatic carboxylic acids is 1. The van der Waals surface area contributed by atoms with Crippen LogP contribution in [-0.4, -0.2) is 48.4 Å². The Balaban J connectivity index is 1.36. The lowest BCUT2D eigenvalue weighted by Gasteiger charge is -2.29. The fraction of sp³-hybridized carbons (Fsp3) is 0.241. The van der Waals surface area contributed by atoms with E-state index < -0.39 is 11.9 Å². The summed E-state index contributed by atoms with van der Waals surface area (Å²) < 4.78 is 16.9. The number of rotatable bonds is 7. The van der Waals surface area contributed by atoms with E-state index in [4.69, 9.17) is 14.2 Å². The Morgan fingerprint density at radius 2 is 1.87 bits per heavy atom. The first-order chi connectivity index (χ1) is 18.5. The second-order valence-corrected chi connectivity index (χ2v) is 9.09. The van der Waals surface area contributed by atoms with Gasteiger partial charge in [0.05, 0.1) is 30.0 Å². The van der Waals surface area contributed by atoms with Crippen LogP contribution in [0.3, 0.4) is 0 Å². The summed E-state index contributed by atoms with van der Waals surface area (Å²) in [7, 11) is 0. The second-order valence-electron chi connectivity index (χ2n) is 9.09. The van der Waals surface area contributed by atoms with Gasteiger partial charge in [-0.25, -0.2) is 4.79 Å². The molecular formula is C29H28N2O7. The van der Waals surface area contributed by atoms with E-state index in [1.54, 1.807) is 24.5 Å². The van der Waals surface area contributed by atoms with Gasteiger partial charge in [-0.1, -0.05) is 29.9 Å². The minimum Gasteiger partial charge on any atom is -0.507 e. The number of carboxylic acids is 1. The molecule has 9 heteroatoms. The van der Waals surface area contributed by atoms with Crippen molar-refractivity contribution >= 4 is 29.0 Å². The van der Waals surface area contributed by atoms with Crippen LogP contribution in [0.1, 0.15) is 45.5 Å². The van der Waals surface area contributed by atoms with Crippen molar-refractivity contribution in [1.82, 2.24) is 0 Å². The zero-order valence-corrected chi connectivity index (χ0v) is 20.7. The van der Waals surface area contributed by atoms with E-state index in [1.165, 1.54) is 30.0 Å². The van der Waals surface area contributed by atoms with Crippen molar-refractivity contribution in [3.63, 3.8) is 0 Å². The molecule has 0 atom stereocenters. The van der Waals surface area contributed by atoms with Gasteiger partial charge in [0, 0.05) is 30.8 Å². The minimum absolute atomic E-state index is 0.0345. The van der Waals surface area contributed by atoms with Crippen LogP contribution in [0.25, 0.3) is 5.76 Å². The maximum absolute atomic E-state index is 13.2. The molecule has 3 N–H and O–H groups in total. The van der Waals surface area contributed by atoms with Crippen molar-refractivity contribution in [3.8, 4) is 5.75 Å². The van der Waals surface area contributed by atoms with Crippen molar-refractivity contribution in [2.45, 2.75) is 19.3 Å². The molecule has 1 amide bonds. The van der Waals surface area contributed by atoms with Crippen LogP contribution in [0.2, 0.25) is 0 Å². The quantitative estimate of drug-likeness (QED) is 0.469. The summed E-state index contributed by atoms with van der Waals surface area (Å²) in [6, 6.07) is 9.29. The van der Waals surface area contributed by atoms with Gasteiger partial charge in [0.1, 0.15) is 24.0 Å². The Labute approximate surface area is 219 Å². The second kappa shape index (κ2) is 11.3. The third-order valence-corrected chi connectivity index (χ3v) is 6.50. The van der Waals surface area contributed by atoms with Crippen LogP contribution in [0, 0.1) is 0 Å². The number of hydrogen-bond donors (Lipinski definition) is 3. The standard InChI is InChI=1S/C29H28N2O7/c32-26-9-7-21(31-10-12-36-13-11-31)16-24(26)28(33)30-25-15-20(6-8-23(25)29(34)35)27-18-37-17-22(38-27)14-19-4-2-1-3-5-19/h1-2,4,6-9,15-18,32H,3,5,10-14H2,(H,30,33)(H,34,35). The molecule has 5 rings (SSSR count). The number of aromatic hydroxyl groups is 1. The molecule has 38 heavy (non-hydrogen) atoms. The maximum atomic E-state index is 13.2. The largest absolute Gasteiger partial charge is 0.507 e. The molecule has 2 aliphatic heterocycles. The molecular weight excluding hydrogens is 488 g/mol. The van der Waals surface area contributed by atoms with Gasteiger partial charge in [-0.3, -0.25) is 4.79 Å². The number of amides is 1. The van der Waals surface area contributed by atoms with Gasteiger partial charge in [0.2, 0.25) is 0 Å². The molecule has 0 bridgehead atoms. The highest BCUT2D eigenvalue weighted by atomic mass is 16.5. The number of phenols is 1. The number of anilines is 2. The molecule has 0 aromatic heterocycles. The summed E-state index contributed by atoms with van der Waals surface area (Å²) in [5.41, 5.74) is 2.52. The van der Waals surface area contributed by atoms with Gasteiger partial charge in [-0.2, -0.15) is 0 Å². The topological polar surface area (TPSA) is 118 Å². The molecule has 2 aromatic rings. The molecule has 1 aliphatic carbocycles. The van der Waals surface area contributed by atoms with Crippen LogP contribution in [0.15, 0.2) is 78.5 Å². The predicted molar refractivity (Wildman–Crippen MR) is 142 cm³/mol. The van der Waals surface area contributed by atoms with Crippen molar-refractivity contribution in [1.29, 1.82) is 0 Å². The molecule has 9 nitrogen and oxygen atoms in total. The summed E-state index contributed by atoms with van der Waals surface area (Å²) in [4.78, 5) is 27.2. The molecule has 0 unspecified atom stereocenters. The number of carboxylic acid groups (broad SMARTS) is 1. The molecule has 196 valence electrons. The maximum Gasteiger partial charge on any atom is 0.337 e. The lowest BCUT2D eigenvalue weighted by Crippen LogP contribution is -2.36. The summed E-state index contributed by atoms with van der Waals surface area (Å²) >= 11 is 0. The number of morpholine rings is 1. The SMILES string of the molecule is O=C(Nc1cc(C2=COC=C(CC3=CC=CCC3)O2)ccc1C(=O)O)c1cc(N2CCOCC2)ccc1O. The molecule has 0 saturated carbocycles. The highest BCUT2D eigenvalue weighted by Crippen LogP contribution is 2.32. The summed E-state index contributed by atoms with van der Waals surface area (Å²) in [6.45, 7) is 2.48. The van der Waals surface area contributed by atoms with Gasteiger partial charge in [0.15, 0.2) is 5.76 Å². The zero-order valence-electron chi connectivity index (χ0n) is 20.7. The lowest BCUT2D eigenvalue weighted by atomic mass is 10.0. The molecule has 3 aliphatic rings. The smallest absolute Gasteiger partial charge is 0.337 e. The van der Waals surface area contributed by atoms with Crippen LogP contribution in [0.5, 0.6) is 5.75 Å². The monoisotopic (exact) mass is 516 g/mol. The third-order valence-electron chi connectivity index (χ3n) is 6.50. The minimum atomic E-state index is -1.20. The first-order valence-corrected chi connectivity index (χ1v) is 12.4. The van der Waals surface area contributed by atoms with Crippen molar-refractivity contribution in [2.24, 2.45) is 0 Å². The van der Waals surface area contributed by atoms with E-state index in [-0.39, 0.29) is 22.6 Å². The van der Waals surface area contributed by atoms with Gasteiger partial charge in [-0.15, -0.1) is 0 Å². The molecule has 1 saturated heterocycles. The van der Waals surface area contributed by atoms with Crippen LogP contribution >= 0.6 is 0 Å². The first kappa shape index (κ1) is 25.2. The zero-order chi connectivity index (χ0) is 26.5. The molecule has 2 heterocycles. The van der Waals surface area contributed by atoms with E-state index in [0.717, 1.165) is 18.5 Å². The van der Waals surface area contributed by atoms with E-state index in [1.807, 2.05) is 6.08 Å². The average Bonchev–Trinajstić information content (AvgIpc) is 2.94. The van der Waals surface area contributed by atoms with E-state index >= 15 is 0 Å². The number of allylic oxidation sites excluding steroid dienone is 4. The summed E-state index contributed by atoms with van der Waals surface area (Å²) in [5, 5.41) is 22.8. The number of hydrogen-bond acceptors (Lipinski definition) is 7. The average molecular weight is 517 g/mol. The normalized spacial score (nSPS) is 16.9. The fourth-order valence-electron chi connectivity index (χ4n) is 4.49. The molecule has 1 fully saturated rings. The number of phenolic OH excluding ortho intramolecular Hbond substituents is 1. The molecule has 0 radical (unpaired) electrons. The predicted octanol–water partition coefficient (Wildman–Crippen LogP) is 5.03. The number of carbonyl (C=O) groups is 2.